The number of ether oxygens (including phenoxy) is 2. The number of amides is 1. The highest BCUT2D eigenvalue weighted by Crippen LogP contribution is 2.23. The molecule has 0 saturated carbocycles. The van der Waals surface area contributed by atoms with E-state index in [2.05, 4.69) is 5.32 Å². The lowest BCUT2D eigenvalue weighted by Crippen LogP contribution is -2.40. The number of morpholine rings is 1. The van der Waals surface area contributed by atoms with Crippen LogP contribution in [0.25, 0.3) is 0 Å². The van der Waals surface area contributed by atoms with Crippen molar-refractivity contribution in [3.63, 3.8) is 0 Å². The minimum absolute atomic E-state index is 0.223. The van der Waals surface area contributed by atoms with Crippen molar-refractivity contribution >= 4 is 27.5 Å². The predicted molar refractivity (Wildman–Crippen MR) is 105 cm³/mol. The van der Waals surface area contributed by atoms with E-state index < -0.39 is 10.0 Å². The Morgan fingerprint density at radius 3 is 2.50 bits per heavy atom. The van der Waals surface area contributed by atoms with Gasteiger partial charge in [-0.15, -0.1) is 0 Å². The fourth-order valence-corrected chi connectivity index (χ4v) is 4.43. The molecule has 0 radical (unpaired) electrons. The molecule has 150 valence electrons. The summed E-state index contributed by atoms with van der Waals surface area (Å²) in [5, 5.41) is 3.22. The number of methoxy groups -OCH3 is 1. The Balaban J connectivity index is 1.66. The molecule has 1 fully saturated rings. The smallest absolute Gasteiger partial charge is 0.255 e. The molecule has 0 unspecified atom stereocenters. The monoisotopic (exact) mass is 424 g/mol. The van der Waals surface area contributed by atoms with Crippen molar-refractivity contribution in [2.24, 2.45) is 0 Å². The van der Waals surface area contributed by atoms with Crippen LogP contribution < -0.4 is 10.1 Å². The molecule has 1 N–H and O–H groups in total. The van der Waals surface area contributed by atoms with Crippen LogP contribution in [0.3, 0.4) is 0 Å². The molecule has 0 bridgehead atoms. The van der Waals surface area contributed by atoms with Crippen molar-refractivity contribution in [3.8, 4) is 5.75 Å². The maximum Gasteiger partial charge on any atom is 0.255 e. The number of rotatable bonds is 6. The Hall–Kier alpha value is -2.13. The van der Waals surface area contributed by atoms with Crippen molar-refractivity contribution in [1.82, 2.24) is 9.62 Å². The molecule has 0 aliphatic carbocycles. The number of carbonyl (C=O) groups is 1. The van der Waals surface area contributed by atoms with Crippen molar-refractivity contribution < 1.29 is 22.7 Å². The zero-order chi connectivity index (χ0) is 20.1. The van der Waals surface area contributed by atoms with Gasteiger partial charge in [0, 0.05) is 24.7 Å². The van der Waals surface area contributed by atoms with Crippen molar-refractivity contribution in [3.05, 3.63) is 58.6 Å². The number of nitrogens with zero attached hydrogens (tertiary/aromatic N) is 1. The third-order valence-corrected chi connectivity index (χ3v) is 6.54. The lowest BCUT2D eigenvalue weighted by Gasteiger charge is -2.26. The second-order valence-corrected chi connectivity index (χ2v) is 8.56. The standard InChI is InChI=1S/C19H21ClN2O5S/c1-26-18-7-4-15(20)12-17(18)19(23)21-13-14-2-5-16(6-3-14)28(24,25)22-8-10-27-11-9-22/h2-7,12H,8-11,13H2,1H3,(H,21,23). The molecule has 7 nitrogen and oxygen atoms in total. The Labute approximate surface area is 169 Å². The molecule has 0 atom stereocenters. The minimum Gasteiger partial charge on any atom is -0.496 e. The number of nitrogens with one attached hydrogen (secondary N) is 1. The summed E-state index contributed by atoms with van der Waals surface area (Å²) < 4.78 is 37.1. The number of carbonyl (C=O) groups excluding carboxylic acids is 1. The van der Waals surface area contributed by atoms with E-state index in [0.717, 1.165) is 5.56 Å². The Morgan fingerprint density at radius 1 is 1.18 bits per heavy atom. The number of hydrogen-bond donors (Lipinski definition) is 1. The molecule has 1 heterocycles. The highest BCUT2D eigenvalue weighted by atomic mass is 35.5. The number of sulfonamides is 1. The van der Waals surface area contributed by atoms with E-state index in [9.17, 15) is 13.2 Å². The summed E-state index contributed by atoms with van der Waals surface area (Å²) in [5.41, 5.74) is 1.11. The van der Waals surface area contributed by atoms with Crippen molar-refractivity contribution in [1.29, 1.82) is 0 Å². The van der Waals surface area contributed by atoms with Crippen molar-refractivity contribution in [2.75, 3.05) is 33.4 Å². The van der Waals surface area contributed by atoms with Gasteiger partial charge in [0.1, 0.15) is 5.75 Å². The molecule has 3 rings (SSSR count). The van der Waals surface area contributed by atoms with E-state index in [1.165, 1.54) is 17.5 Å². The third kappa shape index (κ3) is 4.64. The maximum atomic E-state index is 12.6. The Kier molecular flexibility index (Phi) is 6.56. The average molecular weight is 425 g/mol. The molecule has 2 aromatic rings. The number of hydrogen-bond acceptors (Lipinski definition) is 5. The van der Waals surface area contributed by atoms with Crippen LogP contribution in [0.5, 0.6) is 5.75 Å². The van der Waals surface area contributed by atoms with E-state index in [1.807, 2.05) is 0 Å². The van der Waals surface area contributed by atoms with Crippen molar-refractivity contribution in [2.45, 2.75) is 11.4 Å². The first-order valence-electron chi connectivity index (χ1n) is 8.70. The van der Waals surface area contributed by atoms with Crippen LogP contribution in [0.15, 0.2) is 47.4 Å². The summed E-state index contributed by atoms with van der Waals surface area (Å²) >= 11 is 5.95. The van der Waals surface area contributed by atoms with Gasteiger partial charge in [0.15, 0.2) is 0 Å². The molecule has 2 aromatic carbocycles. The van der Waals surface area contributed by atoms with E-state index in [0.29, 0.717) is 42.6 Å². The first-order valence-corrected chi connectivity index (χ1v) is 10.5. The number of halogens is 1. The normalized spacial score (nSPS) is 15.2. The summed E-state index contributed by atoms with van der Waals surface area (Å²) in [6.07, 6.45) is 0. The Bertz CT molecular complexity index is 941. The largest absolute Gasteiger partial charge is 0.496 e. The second kappa shape index (κ2) is 8.91. The predicted octanol–water partition coefficient (Wildman–Crippen LogP) is 2.30. The highest BCUT2D eigenvalue weighted by molar-refractivity contribution is 7.89. The molecule has 0 aromatic heterocycles. The van der Waals surface area contributed by atoms with Gasteiger partial charge in [-0.25, -0.2) is 8.42 Å². The SMILES string of the molecule is COc1ccc(Cl)cc1C(=O)NCc1ccc(S(=O)(=O)N2CCOCC2)cc1. The van der Waals surface area contributed by atoms with Gasteiger partial charge in [0.05, 0.1) is 30.8 Å². The van der Waals surface area contributed by atoms with Crippen LogP contribution in [0.2, 0.25) is 5.02 Å². The molecular formula is C19H21ClN2O5S. The molecular weight excluding hydrogens is 404 g/mol. The molecule has 0 spiro atoms. The van der Waals surface area contributed by atoms with Crippen LogP contribution >= 0.6 is 11.6 Å². The summed E-state index contributed by atoms with van der Waals surface area (Å²) in [4.78, 5) is 12.6. The lowest BCUT2D eigenvalue weighted by molar-refractivity contribution is 0.0730. The first kappa shape index (κ1) is 20.6. The fraction of sp³-hybridized carbons (Fsp3) is 0.316. The van der Waals surface area contributed by atoms with E-state index >= 15 is 0 Å². The van der Waals surface area contributed by atoms with Crippen LogP contribution in [0, 0.1) is 0 Å². The summed E-state index contributed by atoms with van der Waals surface area (Å²) in [7, 11) is -2.05. The quantitative estimate of drug-likeness (QED) is 0.769. The molecule has 1 aliphatic rings. The lowest BCUT2D eigenvalue weighted by atomic mass is 10.1. The van der Waals surface area contributed by atoms with Crippen LogP contribution in [-0.2, 0) is 21.3 Å². The average Bonchev–Trinajstić information content (AvgIpc) is 2.73. The van der Waals surface area contributed by atoms with E-state index in [-0.39, 0.29) is 17.3 Å². The van der Waals surface area contributed by atoms with Gasteiger partial charge in [0.25, 0.3) is 5.91 Å². The van der Waals surface area contributed by atoms with Gasteiger partial charge in [-0.05, 0) is 35.9 Å². The Morgan fingerprint density at radius 2 is 1.86 bits per heavy atom. The molecule has 9 heteroatoms. The second-order valence-electron chi connectivity index (χ2n) is 6.19. The summed E-state index contributed by atoms with van der Waals surface area (Å²) in [6.45, 7) is 1.74. The molecule has 1 saturated heterocycles. The third-order valence-electron chi connectivity index (χ3n) is 4.39. The first-order chi connectivity index (χ1) is 13.4. The van der Waals surface area contributed by atoms with Gasteiger partial charge < -0.3 is 14.8 Å². The van der Waals surface area contributed by atoms with E-state index in [4.69, 9.17) is 21.1 Å². The molecule has 1 amide bonds. The summed E-state index contributed by atoms with van der Waals surface area (Å²) in [6, 6.07) is 11.3. The van der Waals surface area contributed by atoms with Crippen LogP contribution in [-0.4, -0.2) is 52.0 Å². The highest BCUT2D eigenvalue weighted by Gasteiger charge is 2.26. The summed E-state index contributed by atoms with van der Waals surface area (Å²) in [5.74, 6) is 0.0956. The fourth-order valence-electron chi connectivity index (χ4n) is 2.85. The zero-order valence-electron chi connectivity index (χ0n) is 15.4. The topological polar surface area (TPSA) is 84.9 Å². The van der Waals surface area contributed by atoms with Gasteiger partial charge in [-0.3, -0.25) is 4.79 Å². The zero-order valence-corrected chi connectivity index (χ0v) is 16.9. The maximum absolute atomic E-state index is 12.6. The molecule has 1 aliphatic heterocycles. The van der Waals surface area contributed by atoms with Gasteiger partial charge in [0.2, 0.25) is 10.0 Å². The number of benzene rings is 2. The molecule has 28 heavy (non-hydrogen) atoms. The van der Waals surface area contributed by atoms with Gasteiger partial charge in [-0.2, -0.15) is 4.31 Å². The van der Waals surface area contributed by atoms with Gasteiger partial charge in [-0.1, -0.05) is 23.7 Å². The van der Waals surface area contributed by atoms with Crippen LogP contribution in [0.1, 0.15) is 15.9 Å². The van der Waals surface area contributed by atoms with Gasteiger partial charge >= 0.3 is 0 Å². The minimum atomic E-state index is -3.53. The van der Waals surface area contributed by atoms with Crippen LogP contribution in [0.4, 0.5) is 0 Å². The van der Waals surface area contributed by atoms with E-state index in [1.54, 1.807) is 36.4 Å².